The van der Waals surface area contributed by atoms with Gasteiger partial charge in [-0.25, -0.2) is 0 Å². The Kier molecular flexibility index (Phi) is 7.24. The predicted octanol–water partition coefficient (Wildman–Crippen LogP) is 4.09. The fourth-order valence-corrected chi connectivity index (χ4v) is 5.98. The molecule has 0 atom stereocenters. The zero-order valence-corrected chi connectivity index (χ0v) is 21.3. The number of piperidine rings is 1. The van der Waals surface area contributed by atoms with Crippen LogP contribution in [0.3, 0.4) is 0 Å². The van der Waals surface area contributed by atoms with Crippen LogP contribution in [0.5, 0.6) is 5.88 Å². The summed E-state index contributed by atoms with van der Waals surface area (Å²) in [7, 11) is 0. The normalized spacial score (nSPS) is 16.5. The second-order valence-corrected chi connectivity index (χ2v) is 10.6. The van der Waals surface area contributed by atoms with E-state index >= 15 is 0 Å². The summed E-state index contributed by atoms with van der Waals surface area (Å²) in [6.07, 6.45) is -0.476. The maximum absolute atomic E-state index is 13.9. The lowest BCUT2D eigenvalue weighted by molar-refractivity contribution is -0.138. The Hall–Kier alpha value is -2.95. The van der Waals surface area contributed by atoms with Gasteiger partial charge in [0.15, 0.2) is 0 Å². The van der Waals surface area contributed by atoms with Crippen LogP contribution in [0.4, 0.5) is 13.2 Å². The highest BCUT2D eigenvalue weighted by molar-refractivity contribution is 7.10. The van der Waals surface area contributed by atoms with E-state index in [0.717, 1.165) is 49.8 Å². The molecule has 11 heteroatoms. The van der Waals surface area contributed by atoms with Crippen molar-refractivity contribution in [2.24, 2.45) is 16.1 Å². The second kappa shape index (κ2) is 10.4. The van der Waals surface area contributed by atoms with E-state index in [9.17, 15) is 23.1 Å². The van der Waals surface area contributed by atoms with Crippen LogP contribution in [-0.4, -0.2) is 29.0 Å². The van der Waals surface area contributed by atoms with Crippen LogP contribution in [0.1, 0.15) is 40.8 Å². The van der Waals surface area contributed by atoms with E-state index in [1.807, 2.05) is 0 Å². The first-order valence-electron chi connectivity index (χ1n) is 11.9. The number of alkyl halides is 3. The summed E-state index contributed by atoms with van der Waals surface area (Å²) in [5, 5.41) is 23.6. The molecule has 0 amide bonds. The van der Waals surface area contributed by atoms with Crippen LogP contribution in [0, 0.1) is 5.92 Å². The molecule has 0 radical (unpaired) electrons. The topological polar surface area (TPSA) is 79.0 Å². The number of nitrogens with zero attached hydrogens (tertiary/aromatic N) is 3. The molecule has 2 aromatic carbocycles. The third-order valence-corrected chi connectivity index (χ3v) is 8.11. The fourth-order valence-electron chi connectivity index (χ4n) is 4.83. The van der Waals surface area contributed by atoms with Gasteiger partial charge in [-0.05, 0) is 78.9 Å². The van der Waals surface area contributed by atoms with Crippen molar-refractivity contribution in [2.45, 2.75) is 38.4 Å². The van der Waals surface area contributed by atoms with Gasteiger partial charge in [0.1, 0.15) is 0 Å². The Morgan fingerprint density at radius 1 is 1.19 bits per heavy atom. The van der Waals surface area contributed by atoms with Gasteiger partial charge in [0.2, 0.25) is 5.88 Å². The molecule has 0 aliphatic carbocycles. The van der Waals surface area contributed by atoms with Crippen molar-refractivity contribution in [2.75, 3.05) is 13.1 Å². The van der Waals surface area contributed by atoms with E-state index in [-0.39, 0.29) is 32.6 Å². The number of hydrogen-bond acceptors (Lipinski definition) is 6. The number of aromatic hydroxyl groups is 1. The highest BCUT2D eigenvalue weighted by atomic mass is 35.5. The summed E-state index contributed by atoms with van der Waals surface area (Å²) < 4.78 is 43.0. The highest BCUT2D eigenvalue weighted by Crippen LogP contribution is 2.37. The van der Waals surface area contributed by atoms with Gasteiger partial charge in [0.25, 0.3) is 0 Å². The molecule has 2 aliphatic rings. The van der Waals surface area contributed by atoms with Gasteiger partial charge in [0.05, 0.1) is 22.0 Å². The Bertz CT molecular complexity index is 1540. The molecule has 2 aliphatic heterocycles. The first-order chi connectivity index (χ1) is 17.7. The molecule has 3 heterocycles. The molecule has 0 saturated carbocycles. The maximum Gasteiger partial charge on any atom is 0.416 e. The van der Waals surface area contributed by atoms with E-state index in [1.54, 1.807) is 24.4 Å². The third kappa shape index (κ3) is 5.51. The first kappa shape index (κ1) is 25.7. The van der Waals surface area contributed by atoms with Crippen molar-refractivity contribution < 1.29 is 18.3 Å². The summed E-state index contributed by atoms with van der Waals surface area (Å²) in [6.45, 7) is 2.20. The summed E-state index contributed by atoms with van der Waals surface area (Å²) in [5.41, 5.74) is 0.259. The van der Waals surface area contributed by atoms with Crippen molar-refractivity contribution in [1.29, 1.82) is 0 Å². The minimum absolute atomic E-state index is 0.00717. The highest BCUT2D eigenvalue weighted by Gasteiger charge is 2.34. The minimum Gasteiger partial charge on any atom is -0.493 e. The molecule has 1 aromatic heterocycles. The average molecular weight is 549 g/mol. The van der Waals surface area contributed by atoms with Gasteiger partial charge in [0, 0.05) is 23.6 Å². The molecule has 0 bridgehead atoms. The van der Waals surface area contributed by atoms with Crippen LogP contribution in [-0.2, 0) is 19.1 Å². The third-order valence-electron chi connectivity index (χ3n) is 6.85. The van der Waals surface area contributed by atoms with Crippen molar-refractivity contribution >= 4 is 34.7 Å². The molecule has 1 fully saturated rings. The second-order valence-electron chi connectivity index (χ2n) is 9.23. The number of halogens is 4. The number of hydrogen-bond donors (Lipinski definition) is 2. The van der Waals surface area contributed by atoms with Crippen LogP contribution < -0.4 is 20.8 Å². The Labute approximate surface area is 219 Å². The largest absolute Gasteiger partial charge is 0.493 e. The monoisotopic (exact) mass is 548 g/mol. The lowest BCUT2D eigenvalue weighted by Crippen LogP contribution is -2.28. The van der Waals surface area contributed by atoms with Crippen molar-refractivity contribution in [3.63, 3.8) is 0 Å². The standard InChI is InChI=1S/C26H24ClF3N4O2S/c27-19-3-1-17(21(13-19)26(28,29)30)12-20(16-2-4-22-18(11-16)14-32-33-22)23-24(35)34(25(36)37-23)10-7-15-5-8-31-9-6-15/h1-4,11,13-15,31,35H,5-10,12H2. The number of nitrogens with one attached hydrogen (secondary N) is 1. The summed E-state index contributed by atoms with van der Waals surface area (Å²) in [6, 6.07) is 8.84. The molecule has 3 aromatic rings. The number of aromatic nitrogens is 1. The van der Waals surface area contributed by atoms with Crippen molar-refractivity contribution in [1.82, 2.24) is 9.88 Å². The molecule has 0 spiro atoms. The zero-order valence-electron chi connectivity index (χ0n) is 19.7. The first-order valence-corrected chi connectivity index (χ1v) is 13.1. The molecule has 5 rings (SSSR count). The van der Waals surface area contributed by atoms with Crippen LogP contribution in [0.2, 0.25) is 5.02 Å². The smallest absolute Gasteiger partial charge is 0.416 e. The van der Waals surface area contributed by atoms with Crippen LogP contribution in [0.15, 0.2) is 51.4 Å². The lowest BCUT2D eigenvalue weighted by Gasteiger charge is -2.22. The lowest BCUT2D eigenvalue weighted by atomic mass is 9.94. The van der Waals surface area contributed by atoms with Crippen LogP contribution in [0.25, 0.3) is 5.57 Å². The minimum atomic E-state index is -4.62. The van der Waals surface area contributed by atoms with Crippen molar-refractivity contribution in [3.05, 3.63) is 83.2 Å². The fraction of sp³-hybridized carbons (Fsp3) is 0.346. The molecule has 6 nitrogen and oxygen atoms in total. The quantitative estimate of drug-likeness (QED) is 0.487. The molecular formula is C26H24ClF3N4O2S. The average Bonchev–Trinajstić information content (AvgIpc) is 3.45. The predicted molar refractivity (Wildman–Crippen MR) is 138 cm³/mol. The van der Waals surface area contributed by atoms with Crippen molar-refractivity contribution in [3.8, 4) is 5.88 Å². The molecule has 1 saturated heterocycles. The van der Waals surface area contributed by atoms with E-state index in [2.05, 4.69) is 15.5 Å². The maximum atomic E-state index is 13.9. The summed E-state index contributed by atoms with van der Waals surface area (Å²) in [4.78, 5) is 12.9. The molecule has 37 heavy (non-hydrogen) atoms. The van der Waals surface area contributed by atoms with E-state index < -0.39 is 11.7 Å². The molecule has 0 unspecified atom stereocenters. The Morgan fingerprint density at radius 2 is 1.97 bits per heavy atom. The van der Waals surface area contributed by atoms with Gasteiger partial charge < -0.3 is 10.4 Å². The van der Waals surface area contributed by atoms with E-state index in [4.69, 9.17) is 11.6 Å². The molecule has 2 N–H and O–H groups in total. The van der Waals surface area contributed by atoms with Gasteiger partial charge in [-0.2, -0.15) is 23.4 Å². The van der Waals surface area contributed by atoms with Gasteiger partial charge >= 0.3 is 11.0 Å². The summed E-state index contributed by atoms with van der Waals surface area (Å²) in [5.74, 6) is 0.225. The molecule has 194 valence electrons. The number of benzene rings is 2. The number of thiazole rings is 1. The zero-order chi connectivity index (χ0) is 26.2. The Morgan fingerprint density at radius 3 is 2.73 bits per heavy atom. The van der Waals surface area contributed by atoms with Crippen LogP contribution >= 0.6 is 22.9 Å². The summed E-state index contributed by atoms with van der Waals surface area (Å²) >= 11 is 6.73. The van der Waals surface area contributed by atoms with E-state index in [1.165, 1.54) is 16.7 Å². The van der Waals surface area contributed by atoms with Gasteiger partial charge in [-0.1, -0.05) is 35.1 Å². The van der Waals surface area contributed by atoms with Gasteiger partial charge in [-0.3, -0.25) is 9.36 Å². The van der Waals surface area contributed by atoms with Gasteiger partial charge in [-0.15, -0.1) is 0 Å². The van der Waals surface area contributed by atoms with E-state index in [0.29, 0.717) is 34.2 Å². The SMILES string of the molecule is O=c1sc(C(Cc2ccc(Cl)cc2C(F)(F)F)=c2ccc3c(c2)C=NN=3)c(O)n1CCC1CCNCC1. The Balaban J connectivity index is 1.61. The number of fused-ring (bicyclic) bond motifs is 1. The number of rotatable bonds is 6. The molecular weight excluding hydrogens is 525 g/mol.